The van der Waals surface area contributed by atoms with Crippen molar-refractivity contribution in [2.24, 2.45) is 0 Å². The van der Waals surface area contributed by atoms with Gasteiger partial charge in [0, 0.05) is 26.8 Å². The van der Waals surface area contributed by atoms with Crippen LogP contribution < -0.4 is 0 Å². The zero-order valence-corrected chi connectivity index (χ0v) is 12.5. The third kappa shape index (κ3) is 3.75. The highest BCUT2D eigenvalue weighted by Gasteiger charge is 2.30. The fourth-order valence-electron chi connectivity index (χ4n) is 1.81. The van der Waals surface area contributed by atoms with E-state index in [1.165, 1.54) is 17.6 Å². The van der Waals surface area contributed by atoms with Gasteiger partial charge < -0.3 is 9.47 Å². The molecule has 8 heteroatoms. The quantitative estimate of drug-likeness (QED) is 0.749. The zero-order chi connectivity index (χ0) is 14.5. The van der Waals surface area contributed by atoms with Crippen LogP contribution in [0.25, 0.3) is 0 Å². The third-order valence-corrected chi connectivity index (χ3v) is 4.91. The van der Waals surface area contributed by atoms with Crippen LogP contribution in [0, 0.1) is 6.92 Å². The second-order valence-corrected chi connectivity index (χ2v) is 6.13. The number of aromatic amines is 1. The number of nitrogens with one attached hydrogen (secondary N) is 1. The molecule has 1 aromatic heterocycles. The van der Waals surface area contributed by atoms with Crippen LogP contribution in [-0.4, -0.2) is 62.9 Å². The lowest BCUT2D eigenvalue weighted by Gasteiger charge is -2.27. The number of hydrogen-bond donors (Lipinski definition) is 1. The van der Waals surface area contributed by atoms with Crippen LogP contribution in [0.3, 0.4) is 0 Å². The number of methoxy groups -OCH3 is 2. The summed E-state index contributed by atoms with van der Waals surface area (Å²) in [6, 6.07) is -0.278. The minimum absolute atomic E-state index is 0.187. The molecule has 0 saturated carbocycles. The Hall–Kier alpha value is -0.960. The lowest BCUT2D eigenvalue weighted by molar-refractivity contribution is 0.119. The Labute approximate surface area is 113 Å². The summed E-state index contributed by atoms with van der Waals surface area (Å²) in [4.78, 5) is 0.187. The predicted octanol–water partition coefficient (Wildman–Crippen LogP) is 0.390. The number of sulfonamides is 1. The standard InChI is InChI=1S/C11H21N3O4S/c1-9(8-18-4)14(5-6-17-3)19(15,16)11-7-12-13-10(11)2/h7,9H,5-6,8H2,1-4H3,(H,12,13). The summed E-state index contributed by atoms with van der Waals surface area (Å²) in [6.45, 7) is 4.39. The molecule has 0 aliphatic heterocycles. The maximum atomic E-state index is 12.6. The van der Waals surface area contributed by atoms with E-state index in [2.05, 4.69) is 10.2 Å². The first kappa shape index (κ1) is 16.1. The lowest BCUT2D eigenvalue weighted by atomic mass is 10.3. The zero-order valence-electron chi connectivity index (χ0n) is 11.7. The number of aryl methyl sites for hydroxylation is 1. The third-order valence-electron chi connectivity index (χ3n) is 2.79. The van der Waals surface area contributed by atoms with Crippen LogP contribution in [0.1, 0.15) is 12.6 Å². The van der Waals surface area contributed by atoms with E-state index in [0.717, 1.165) is 0 Å². The van der Waals surface area contributed by atoms with E-state index < -0.39 is 10.0 Å². The molecule has 7 nitrogen and oxygen atoms in total. The van der Waals surface area contributed by atoms with Gasteiger partial charge >= 0.3 is 0 Å². The molecule has 1 aromatic rings. The highest BCUT2D eigenvalue weighted by atomic mass is 32.2. The van der Waals surface area contributed by atoms with Crippen molar-refractivity contribution < 1.29 is 17.9 Å². The second-order valence-electron chi connectivity index (χ2n) is 4.27. The van der Waals surface area contributed by atoms with Crippen LogP contribution in [-0.2, 0) is 19.5 Å². The smallest absolute Gasteiger partial charge is 0.246 e. The molecule has 110 valence electrons. The Morgan fingerprint density at radius 1 is 1.42 bits per heavy atom. The number of rotatable bonds is 8. The Morgan fingerprint density at radius 2 is 2.11 bits per heavy atom. The van der Waals surface area contributed by atoms with Crippen molar-refractivity contribution in [3.05, 3.63) is 11.9 Å². The first-order chi connectivity index (χ1) is 8.95. The van der Waals surface area contributed by atoms with Gasteiger partial charge in [-0.05, 0) is 13.8 Å². The van der Waals surface area contributed by atoms with Crippen LogP contribution in [0.15, 0.2) is 11.1 Å². The average Bonchev–Trinajstić information content (AvgIpc) is 2.76. The molecule has 0 bridgehead atoms. The maximum Gasteiger partial charge on any atom is 0.246 e. The van der Waals surface area contributed by atoms with Gasteiger partial charge in [0.1, 0.15) is 4.90 Å². The fourth-order valence-corrected chi connectivity index (χ4v) is 3.53. The number of hydrogen-bond acceptors (Lipinski definition) is 5. The monoisotopic (exact) mass is 291 g/mol. The van der Waals surface area contributed by atoms with E-state index in [4.69, 9.17) is 9.47 Å². The molecular weight excluding hydrogens is 270 g/mol. The van der Waals surface area contributed by atoms with E-state index >= 15 is 0 Å². The van der Waals surface area contributed by atoms with E-state index in [1.807, 2.05) is 0 Å². The van der Waals surface area contributed by atoms with Crippen molar-refractivity contribution in [3.8, 4) is 0 Å². The van der Waals surface area contributed by atoms with Crippen molar-refractivity contribution in [2.75, 3.05) is 34.0 Å². The number of H-pyrrole nitrogens is 1. The Balaban J connectivity index is 3.05. The lowest BCUT2D eigenvalue weighted by Crippen LogP contribution is -2.43. The molecule has 0 aromatic carbocycles. The fraction of sp³-hybridized carbons (Fsp3) is 0.727. The second kappa shape index (κ2) is 6.99. The summed E-state index contributed by atoms with van der Waals surface area (Å²) >= 11 is 0. The van der Waals surface area contributed by atoms with Gasteiger partial charge in [-0.3, -0.25) is 5.10 Å². The van der Waals surface area contributed by atoms with Crippen LogP contribution in [0.4, 0.5) is 0 Å². The van der Waals surface area contributed by atoms with Gasteiger partial charge in [0.15, 0.2) is 0 Å². The first-order valence-corrected chi connectivity index (χ1v) is 7.38. The van der Waals surface area contributed by atoms with Crippen molar-refractivity contribution in [1.82, 2.24) is 14.5 Å². The van der Waals surface area contributed by atoms with Gasteiger partial charge in [-0.1, -0.05) is 0 Å². The molecule has 0 spiro atoms. The van der Waals surface area contributed by atoms with Gasteiger partial charge in [0.05, 0.1) is 25.1 Å². The van der Waals surface area contributed by atoms with Gasteiger partial charge in [0.2, 0.25) is 10.0 Å². The van der Waals surface area contributed by atoms with Crippen molar-refractivity contribution in [1.29, 1.82) is 0 Å². The summed E-state index contributed by atoms with van der Waals surface area (Å²) in [6.07, 6.45) is 1.32. The van der Waals surface area contributed by atoms with Crippen LogP contribution in [0.5, 0.6) is 0 Å². The molecule has 0 fully saturated rings. The molecule has 0 aliphatic carbocycles. The maximum absolute atomic E-state index is 12.6. The Morgan fingerprint density at radius 3 is 2.58 bits per heavy atom. The normalized spacial score (nSPS) is 13.9. The summed E-state index contributed by atoms with van der Waals surface area (Å²) < 4.78 is 36.6. The van der Waals surface area contributed by atoms with Gasteiger partial charge in [-0.25, -0.2) is 8.42 Å². The SMILES string of the molecule is COCCN(C(C)COC)S(=O)(=O)c1cn[nH]c1C. The molecule has 0 amide bonds. The molecule has 0 aliphatic rings. The van der Waals surface area contributed by atoms with E-state index in [1.54, 1.807) is 21.0 Å². The minimum atomic E-state index is -3.60. The molecule has 19 heavy (non-hydrogen) atoms. The van der Waals surface area contributed by atoms with Gasteiger partial charge in [0.25, 0.3) is 0 Å². The van der Waals surface area contributed by atoms with Gasteiger partial charge in [-0.15, -0.1) is 0 Å². The number of aromatic nitrogens is 2. The summed E-state index contributed by atoms with van der Waals surface area (Å²) in [5.41, 5.74) is 0.520. The highest BCUT2D eigenvalue weighted by Crippen LogP contribution is 2.19. The Kier molecular flexibility index (Phi) is 5.92. The van der Waals surface area contributed by atoms with E-state index in [-0.39, 0.29) is 17.5 Å². The molecule has 1 N–H and O–H groups in total. The first-order valence-electron chi connectivity index (χ1n) is 5.94. The van der Waals surface area contributed by atoms with Gasteiger partial charge in [-0.2, -0.15) is 9.40 Å². The van der Waals surface area contributed by atoms with Crippen molar-refractivity contribution in [3.63, 3.8) is 0 Å². The van der Waals surface area contributed by atoms with E-state index in [0.29, 0.717) is 18.9 Å². The average molecular weight is 291 g/mol. The van der Waals surface area contributed by atoms with Crippen LogP contribution in [0.2, 0.25) is 0 Å². The largest absolute Gasteiger partial charge is 0.383 e. The molecule has 1 unspecified atom stereocenters. The molecule has 1 rings (SSSR count). The van der Waals surface area contributed by atoms with Crippen molar-refractivity contribution in [2.45, 2.75) is 24.8 Å². The van der Waals surface area contributed by atoms with Crippen molar-refractivity contribution >= 4 is 10.0 Å². The minimum Gasteiger partial charge on any atom is -0.383 e. The summed E-state index contributed by atoms with van der Waals surface area (Å²) in [7, 11) is -0.524. The predicted molar refractivity (Wildman–Crippen MR) is 70.4 cm³/mol. The van der Waals surface area contributed by atoms with Crippen LogP contribution >= 0.6 is 0 Å². The molecule has 0 saturated heterocycles. The molecular formula is C11H21N3O4S. The number of ether oxygens (including phenoxy) is 2. The summed E-state index contributed by atoms with van der Waals surface area (Å²) in [5.74, 6) is 0. The topological polar surface area (TPSA) is 84.5 Å². The highest BCUT2D eigenvalue weighted by molar-refractivity contribution is 7.89. The molecule has 1 heterocycles. The van der Waals surface area contributed by atoms with E-state index in [9.17, 15) is 8.42 Å². The Bertz CT molecular complexity index is 486. The molecule has 1 atom stereocenters. The molecule has 0 radical (unpaired) electrons. The number of nitrogens with zero attached hydrogens (tertiary/aromatic N) is 2. The summed E-state index contributed by atoms with van der Waals surface area (Å²) in [5, 5.41) is 6.40.